The molecule has 0 spiro atoms. The molecule has 1 heterocycles. The van der Waals surface area contributed by atoms with Crippen molar-refractivity contribution in [3.63, 3.8) is 0 Å². The van der Waals surface area contributed by atoms with E-state index in [0.29, 0.717) is 0 Å². The Morgan fingerprint density at radius 2 is 0.661 bits per heavy atom. The van der Waals surface area contributed by atoms with E-state index in [4.69, 9.17) is 0 Å². The van der Waals surface area contributed by atoms with Crippen molar-refractivity contribution in [1.82, 2.24) is 0 Å². The average molecular weight is 806 g/mol. The summed E-state index contributed by atoms with van der Waals surface area (Å²) in [4.78, 5) is 2.40. The quantitative estimate of drug-likeness (QED) is 0.145. The largest absolute Gasteiger partial charge is 0.310 e. The fraction of sp³-hybridized carbons (Fsp3) is 0. The maximum absolute atomic E-state index is 2.40. The van der Waals surface area contributed by atoms with Gasteiger partial charge in [0.25, 0.3) is 0 Å². The van der Waals surface area contributed by atoms with Gasteiger partial charge in [0.2, 0.25) is 0 Å². The average Bonchev–Trinajstić information content (AvgIpc) is 3.74. The van der Waals surface area contributed by atoms with Crippen molar-refractivity contribution in [2.45, 2.75) is 0 Å². The molecule has 1 aromatic heterocycles. The molecule has 11 aromatic carbocycles. The summed E-state index contributed by atoms with van der Waals surface area (Å²) < 4.78 is 2.62. The number of benzene rings is 11. The van der Waals surface area contributed by atoms with Gasteiger partial charge in [-0.05, 0) is 114 Å². The van der Waals surface area contributed by atoms with Crippen LogP contribution in [0, 0.1) is 0 Å². The van der Waals surface area contributed by atoms with Crippen LogP contribution in [0.25, 0.3) is 97.0 Å². The zero-order chi connectivity index (χ0) is 41.0. The maximum atomic E-state index is 2.40. The van der Waals surface area contributed by atoms with Crippen molar-refractivity contribution in [2.24, 2.45) is 0 Å². The molecule has 0 fully saturated rings. The Kier molecular flexibility index (Phi) is 8.76. The minimum Gasteiger partial charge on any atom is -0.310 e. The van der Waals surface area contributed by atoms with E-state index in [1.807, 2.05) is 11.3 Å². The topological polar surface area (TPSA) is 3.24 Å². The van der Waals surface area contributed by atoms with Crippen LogP contribution in [0.2, 0.25) is 0 Å². The van der Waals surface area contributed by atoms with Gasteiger partial charge in [0.15, 0.2) is 0 Å². The molecule has 0 saturated carbocycles. The molecule has 12 aromatic rings. The monoisotopic (exact) mass is 805 g/mol. The SMILES string of the molecule is c1ccc(-c2ccc(-c3c(-c4ccc(N(c5ccc(-c6ccccc6)cc5)c5ccc6c7ccccc7c7ccccc7c6c5)cc4)ccc4c3sc3ccccc34)cc2)cc1. The van der Waals surface area contributed by atoms with E-state index in [0.717, 1.165) is 17.1 Å². The van der Waals surface area contributed by atoms with E-state index in [1.165, 1.54) is 97.0 Å². The van der Waals surface area contributed by atoms with Crippen LogP contribution in [-0.4, -0.2) is 0 Å². The Bertz CT molecular complexity index is 3550. The molecular formula is C60H39NS. The summed E-state index contributed by atoms with van der Waals surface area (Å²) in [6.45, 7) is 0. The number of rotatable bonds is 7. The first-order valence-corrected chi connectivity index (χ1v) is 22.1. The van der Waals surface area contributed by atoms with Crippen molar-refractivity contribution in [1.29, 1.82) is 0 Å². The molecule has 0 unspecified atom stereocenters. The molecule has 0 bridgehead atoms. The summed E-state index contributed by atoms with van der Waals surface area (Å²) in [5, 5.41) is 10.2. The molecule has 0 aliphatic rings. The lowest BCUT2D eigenvalue weighted by Gasteiger charge is -2.27. The zero-order valence-corrected chi connectivity index (χ0v) is 34.7. The van der Waals surface area contributed by atoms with Crippen LogP contribution in [0.4, 0.5) is 17.1 Å². The summed E-state index contributed by atoms with van der Waals surface area (Å²) in [7, 11) is 0. The van der Waals surface area contributed by atoms with E-state index in [-0.39, 0.29) is 0 Å². The first kappa shape index (κ1) is 36.1. The Labute approximate surface area is 365 Å². The van der Waals surface area contributed by atoms with Gasteiger partial charge in [-0.25, -0.2) is 0 Å². The first-order chi connectivity index (χ1) is 30.7. The van der Waals surface area contributed by atoms with Crippen LogP contribution in [0.5, 0.6) is 0 Å². The molecule has 2 heteroatoms. The van der Waals surface area contributed by atoms with Crippen LogP contribution < -0.4 is 4.90 Å². The molecule has 290 valence electrons. The standard InChI is InChI=1S/C60H39NS/c1-3-13-40(14-4-1)42-23-25-45(26-24-42)59-49(37-38-56-55-21-11-12-22-58(55)62-60(56)59)44-29-33-47(34-30-44)61(46-31-27-43(28-32-46)41-15-5-2-6-16-41)48-35-36-54-52-19-8-7-17-50(52)51-18-9-10-20-53(51)57(54)39-48/h1-39H. The number of hydrogen-bond donors (Lipinski definition) is 0. The zero-order valence-electron chi connectivity index (χ0n) is 33.9. The minimum atomic E-state index is 1.10. The highest BCUT2D eigenvalue weighted by Gasteiger charge is 2.19. The Morgan fingerprint density at radius 3 is 1.24 bits per heavy atom. The molecule has 1 nitrogen and oxygen atoms in total. The van der Waals surface area contributed by atoms with Gasteiger partial charge in [-0.2, -0.15) is 0 Å². The third-order valence-corrected chi connectivity index (χ3v) is 13.7. The van der Waals surface area contributed by atoms with Crippen LogP contribution in [-0.2, 0) is 0 Å². The van der Waals surface area contributed by atoms with Gasteiger partial charge in [0.05, 0.1) is 0 Å². The number of nitrogens with zero attached hydrogens (tertiary/aromatic N) is 1. The van der Waals surface area contributed by atoms with E-state index in [1.54, 1.807) is 0 Å². The third-order valence-electron chi connectivity index (χ3n) is 12.5. The second-order valence-electron chi connectivity index (χ2n) is 16.0. The molecule has 0 aliphatic heterocycles. The number of thiophene rings is 1. The van der Waals surface area contributed by atoms with E-state index >= 15 is 0 Å². The predicted molar refractivity (Wildman–Crippen MR) is 268 cm³/mol. The van der Waals surface area contributed by atoms with Crippen molar-refractivity contribution in [3.05, 3.63) is 237 Å². The molecule has 0 N–H and O–H groups in total. The van der Waals surface area contributed by atoms with E-state index in [2.05, 4.69) is 241 Å². The second kappa shape index (κ2) is 15.0. The van der Waals surface area contributed by atoms with Gasteiger partial charge >= 0.3 is 0 Å². The molecule has 0 amide bonds. The predicted octanol–water partition coefficient (Wildman–Crippen LogP) is 17.7. The van der Waals surface area contributed by atoms with Crippen LogP contribution in [0.3, 0.4) is 0 Å². The van der Waals surface area contributed by atoms with Crippen LogP contribution in [0.1, 0.15) is 0 Å². The lowest BCUT2D eigenvalue weighted by atomic mass is 9.91. The fourth-order valence-corrected chi connectivity index (χ4v) is 10.8. The van der Waals surface area contributed by atoms with Gasteiger partial charge < -0.3 is 4.90 Å². The second-order valence-corrected chi connectivity index (χ2v) is 17.1. The molecule has 12 rings (SSSR count). The number of hydrogen-bond acceptors (Lipinski definition) is 2. The molecule has 62 heavy (non-hydrogen) atoms. The molecule has 0 saturated heterocycles. The summed E-state index contributed by atoms with van der Waals surface area (Å²) in [5.41, 5.74) is 13.1. The summed E-state index contributed by atoms with van der Waals surface area (Å²) in [6.07, 6.45) is 0. The van der Waals surface area contributed by atoms with Gasteiger partial charge in [-0.3, -0.25) is 0 Å². The highest BCUT2D eigenvalue weighted by molar-refractivity contribution is 7.26. The van der Waals surface area contributed by atoms with Crippen molar-refractivity contribution < 1.29 is 0 Å². The lowest BCUT2D eigenvalue weighted by Crippen LogP contribution is -2.10. The fourth-order valence-electron chi connectivity index (χ4n) is 9.48. The minimum absolute atomic E-state index is 1.10. The smallest absolute Gasteiger partial charge is 0.0468 e. The van der Waals surface area contributed by atoms with E-state index in [9.17, 15) is 0 Å². The van der Waals surface area contributed by atoms with Gasteiger partial charge in [-0.1, -0.05) is 194 Å². The normalized spacial score (nSPS) is 11.5. The van der Waals surface area contributed by atoms with Crippen LogP contribution >= 0.6 is 11.3 Å². The summed E-state index contributed by atoms with van der Waals surface area (Å²) in [6, 6.07) is 86.6. The highest BCUT2D eigenvalue weighted by Crippen LogP contribution is 2.47. The third kappa shape index (κ3) is 6.15. The van der Waals surface area contributed by atoms with Gasteiger partial charge in [0, 0.05) is 42.8 Å². The first-order valence-electron chi connectivity index (χ1n) is 21.2. The van der Waals surface area contributed by atoms with Crippen molar-refractivity contribution in [3.8, 4) is 44.5 Å². The summed E-state index contributed by atoms with van der Waals surface area (Å²) >= 11 is 1.89. The Hall–Kier alpha value is -7.78. The molecule has 0 atom stereocenters. The van der Waals surface area contributed by atoms with Gasteiger partial charge in [-0.15, -0.1) is 11.3 Å². The number of fused-ring (bicyclic) bond motifs is 9. The van der Waals surface area contributed by atoms with E-state index < -0.39 is 0 Å². The van der Waals surface area contributed by atoms with Crippen molar-refractivity contribution >= 4 is 80.9 Å². The van der Waals surface area contributed by atoms with Crippen LogP contribution in [0.15, 0.2) is 237 Å². The Morgan fingerprint density at radius 1 is 0.258 bits per heavy atom. The lowest BCUT2D eigenvalue weighted by molar-refractivity contribution is 1.29. The molecule has 0 aliphatic carbocycles. The maximum Gasteiger partial charge on any atom is 0.0468 e. The van der Waals surface area contributed by atoms with Gasteiger partial charge in [0.1, 0.15) is 0 Å². The highest BCUT2D eigenvalue weighted by atomic mass is 32.1. The Balaban J connectivity index is 1.01. The number of anilines is 3. The summed E-state index contributed by atoms with van der Waals surface area (Å²) in [5.74, 6) is 0. The molecule has 0 radical (unpaired) electrons. The van der Waals surface area contributed by atoms with Crippen molar-refractivity contribution in [2.75, 3.05) is 4.90 Å². The molecular weight excluding hydrogens is 767 g/mol.